The fourth-order valence-electron chi connectivity index (χ4n) is 2.21. The number of carbonyl (C=O) groups is 2. The second kappa shape index (κ2) is 6.07. The van der Waals surface area contributed by atoms with Crippen LogP contribution in [0.1, 0.15) is 62.6 Å². The van der Waals surface area contributed by atoms with Crippen molar-refractivity contribution in [1.82, 2.24) is 15.1 Å². The van der Waals surface area contributed by atoms with Crippen molar-refractivity contribution in [2.45, 2.75) is 59.0 Å². The molecule has 0 fully saturated rings. The molecule has 1 rings (SSSR count). The molecule has 0 aromatic carbocycles. The number of hydrogen-bond donors (Lipinski definition) is 2. The summed E-state index contributed by atoms with van der Waals surface area (Å²) in [5, 5.41) is 16.1. The SMILES string of the molecule is CCCC(C)(NC(=O)c1cnn(C(C)C)c1C)C(=O)O. The van der Waals surface area contributed by atoms with Crippen LogP contribution in [0.2, 0.25) is 0 Å². The molecule has 1 aromatic rings. The minimum Gasteiger partial charge on any atom is -0.480 e. The number of nitrogens with one attached hydrogen (secondary N) is 1. The average molecular weight is 281 g/mol. The number of aromatic nitrogens is 2. The summed E-state index contributed by atoms with van der Waals surface area (Å²) >= 11 is 0. The number of amides is 1. The highest BCUT2D eigenvalue weighted by Gasteiger charge is 2.34. The number of nitrogens with zero attached hydrogens (tertiary/aromatic N) is 2. The number of carbonyl (C=O) groups excluding carboxylic acids is 1. The van der Waals surface area contributed by atoms with E-state index >= 15 is 0 Å². The van der Waals surface area contributed by atoms with Crippen molar-refractivity contribution < 1.29 is 14.7 Å². The molecule has 2 N–H and O–H groups in total. The number of carboxylic acids is 1. The third kappa shape index (κ3) is 3.18. The zero-order valence-electron chi connectivity index (χ0n) is 12.7. The first-order valence-corrected chi connectivity index (χ1v) is 6.83. The summed E-state index contributed by atoms with van der Waals surface area (Å²) in [6, 6.07) is 0.151. The second-order valence-electron chi connectivity index (χ2n) is 5.52. The number of hydrogen-bond acceptors (Lipinski definition) is 3. The number of aliphatic carboxylic acids is 1. The van der Waals surface area contributed by atoms with Gasteiger partial charge in [0.25, 0.3) is 5.91 Å². The number of rotatable bonds is 6. The van der Waals surface area contributed by atoms with Gasteiger partial charge in [-0.3, -0.25) is 9.48 Å². The van der Waals surface area contributed by atoms with Gasteiger partial charge in [0.15, 0.2) is 0 Å². The van der Waals surface area contributed by atoms with E-state index in [9.17, 15) is 14.7 Å². The zero-order chi connectivity index (χ0) is 15.5. The van der Waals surface area contributed by atoms with Gasteiger partial charge in [0.1, 0.15) is 5.54 Å². The molecule has 0 bridgehead atoms. The first-order valence-electron chi connectivity index (χ1n) is 6.83. The molecule has 1 aromatic heterocycles. The molecule has 0 aliphatic rings. The highest BCUT2D eigenvalue weighted by atomic mass is 16.4. The fourth-order valence-corrected chi connectivity index (χ4v) is 2.21. The van der Waals surface area contributed by atoms with E-state index in [0.29, 0.717) is 18.4 Å². The van der Waals surface area contributed by atoms with Gasteiger partial charge in [0, 0.05) is 11.7 Å². The maximum atomic E-state index is 12.3. The van der Waals surface area contributed by atoms with Crippen LogP contribution < -0.4 is 5.32 Å². The van der Waals surface area contributed by atoms with Crippen molar-refractivity contribution in [2.24, 2.45) is 0 Å². The van der Waals surface area contributed by atoms with Gasteiger partial charge in [-0.1, -0.05) is 13.3 Å². The molecule has 0 spiro atoms. The highest BCUT2D eigenvalue weighted by molar-refractivity contribution is 5.98. The van der Waals surface area contributed by atoms with Crippen molar-refractivity contribution in [1.29, 1.82) is 0 Å². The molecular weight excluding hydrogens is 258 g/mol. The Bertz CT molecular complexity index is 508. The molecular formula is C14H23N3O3. The average Bonchev–Trinajstić information content (AvgIpc) is 2.71. The van der Waals surface area contributed by atoms with Gasteiger partial charge < -0.3 is 10.4 Å². The van der Waals surface area contributed by atoms with Gasteiger partial charge in [-0.25, -0.2) is 4.79 Å². The van der Waals surface area contributed by atoms with E-state index in [1.54, 1.807) is 11.6 Å². The number of carboxylic acid groups (broad SMARTS) is 1. The van der Waals surface area contributed by atoms with Crippen LogP contribution in [0.3, 0.4) is 0 Å². The first kappa shape index (κ1) is 16.2. The summed E-state index contributed by atoms with van der Waals surface area (Å²) < 4.78 is 1.74. The molecule has 112 valence electrons. The van der Waals surface area contributed by atoms with E-state index in [0.717, 1.165) is 5.69 Å². The van der Waals surface area contributed by atoms with Gasteiger partial charge in [-0.2, -0.15) is 5.10 Å². The van der Waals surface area contributed by atoms with E-state index in [2.05, 4.69) is 10.4 Å². The molecule has 6 nitrogen and oxygen atoms in total. The molecule has 1 heterocycles. The summed E-state index contributed by atoms with van der Waals surface area (Å²) in [6.45, 7) is 9.16. The van der Waals surface area contributed by atoms with Crippen molar-refractivity contribution >= 4 is 11.9 Å². The van der Waals surface area contributed by atoms with Crippen LogP contribution in [0.15, 0.2) is 6.20 Å². The predicted molar refractivity (Wildman–Crippen MR) is 75.8 cm³/mol. The molecule has 20 heavy (non-hydrogen) atoms. The van der Waals surface area contributed by atoms with Crippen molar-refractivity contribution in [3.8, 4) is 0 Å². The molecule has 1 amide bonds. The highest BCUT2D eigenvalue weighted by Crippen LogP contribution is 2.17. The minimum atomic E-state index is -1.25. The standard InChI is InChI=1S/C14H23N3O3/c1-6-7-14(5,13(19)20)16-12(18)11-8-15-17(9(2)3)10(11)4/h8-9H,6-7H2,1-5H3,(H,16,18)(H,19,20). The fraction of sp³-hybridized carbons (Fsp3) is 0.643. The van der Waals surface area contributed by atoms with Gasteiger partial charge in [-0.15, -0.1) is 0 Å². The van der Waals surface area contributed by atoms with Crippen molar-refractivity contribution in [3.63, 3.8) is 0 Å². The summed E-state index contributed by atoms with van der Waals surface area (Å²) in [4.78, 5) is 23.6. The molecule has 0 aliphatic carbocycles. The third-order valence-electron chi connectivity index (χ3n) is 3.39. The van der Waals surface area contributed by atoms with Crippen LogP contribution in [0.4, 0.5) is 0 Å². The summed E-state index contributed by atoms with van der Waals surface area (Å²) in [5.74, 6) is -1.42. The van der Waals surface area contributed by atoms with Crippen LogP contribution in [-0.4, -0.2) is 32.3 Å². The smallest absolute Gasteiger partial charge is 0.329 e. The maximum absolute atomic E-state index is 12.3. The third-order valence-corrected chi connectivity index (χ3v) is 3.39. The molecule has 1 unspecified atom stereocenters. The predicted octanol–water partition coefficient (Wildman–Crippen LogP) is 2.15. The van der Waals surface area contributed by atoms with Crippen LogP contribution >= 0.6 is 0 Å². The Hall–Kier alpha value is -1.85. The van der Waals surface area contributed by atoms with E-state index in [1.807, 2.05) is 20.8 Å². The summed E-state index contributed by atoms with van der Waals surface area (Å²) in [5.41, 5.74) is -0.0953. The Morgan fingerprint density at radius 3 is 2.50 bits per heavy atom. The minimum absolute atomic E-state index is 0.151. The van der Waals surface area contributed by atoms with E-state index in [1.165, 1.54) is 13.1 Å². The lowest BCUT2D eigenvalue weighted by Gasteiger charge is -2.25. The topological polar surface area (TPSA) is 84.2 Å². The molecule has 0 saturated heterocycles. The summed E-state index contributed by atoms with van der Waals surface area (Å²) in [7, 11) is 0. The van der Waals surface area contributed by atoms with E-state index in [-0.39, 0.29) is 6.04 Å². The van der Waals surface area contributed by atoms with Gasteiger partial charge >= 0.3 is 5.97 Å². The Morgan fingerprint density at radius 1 is 1.50 bits per heavy atom. The lowest BCUT2D eigenvalue weighted by Crippen LogP contribution is -2.52. The van der Waals surface area contributed by atoms with Crippen LogP contribution in [-0.2, 0) is 4.79 Å². The summed E-state index contributed by atoms with van der Waals surface area (Å²) in [6.07, 6.45) is 2.54. The van der Waals surface area contributed by atoms with Gasteiger partial charge in [0.05, 0.1) is 11.8 Å². The Kier molecular flexibility index (Phi) is 4.92. The van der Waals surface area contributed by atoms with Gasteiger partial charge in [-0.05, 0) is 34.1 Å². The van der Waals surface area contributed by atoms with Crippen LogP contribution in [0.25, 0.3) is 0 Å². The van der Waals surface area contributed by atoms with Crippen LogP contribution in [0.5, 0.6) is 0 Å². The van der Waals surface area contributed by atoms with E-state index < -0.39 is 17.4 Å². The quantitative estimate of drug-likeness (QED) is 0.836. The van der Waals surface area contributed by atoms with Crippen molar-refractivity contribution in [3.05, 3.63) is 17.5 Å². The second-order valence-corrected chi connectivity index (χ2v) is 5.52. The maximum Gasteiger partial charge on any atom is 0.329 e. The Morgan fingerprint density at radius 2 is 2.10 bits per heavy atom. The monoisotopic (exact) mass is 281 g/mol. The first-order chi connectivity index (χ1) is 9.23. The molecule has 6 heteroatoms. The Labute approximate surface area is 119 Å². The normalized spacial score (nSPS) is 14.1. The lowest BCUT2D eigenvalue weighted by atomic mass is 9.96. The largest absolute Gasteiger partial charge is 0.480 e. The molecule has 0 saturated carbocycles. The molecule has 1 atom stereocenters. The van der Waals surface area contributed by atoms with Crippen LogP contribution in [0, 0.1) is 6.92 Å². The van der Waals surface area contributed by atoms with Crippen molar-refractivity contribution in [2.75, 3.05) is 0 Å². The van der Waals surface area contributed by atoms with E-state index in [4.69, 9.17) is 0 Å². The molecule has 0 radical (unpaired) electrons. The molecule has 0 aliphatic heterocycles. The zero-order valence-corrected chi connectivity index (χ0v) is 12.7. The lowest BCUT2D eigenvalue weighted by molar-refractivity contribution is -0.144. The Balaban J connectivity index is 2.99. The van der Waals surface area contributed by atoms with Gasteiger partial charge in [0.2, 0.25) is 0 Å².